The predicted molar refractivity (Wildman–Crippen MR) is 172 cm³/mol. The number of carbonyl (C=O) groups excluding carboxylic acids is 1. The van der Waals surface area contributed by atoms with E-state index in [9.17, 15) is 13.2 Å². The summed E-state index contributed by atoms with van der Waals surface area (Å²) in [7, 11) is -3.71. The first kappa shape index (κ1) is 29.7. The van der Waals surface area contributed by atoms with Crippen molar-refractivity contribution in [2.24, 2.45) is 0 Å². The fraction of sp³-hybridized carbons (Fsp3) is 0.286. The minimum atomic E-state index is -3.71. The molecule has 4 aromatic carbocycles. The lowest BCUT2D eigenvalue weighted by molar-refractivity contribution is -0.117. The van der Waals surface area contributed by atoms with Gasteiger partial charge in [-0.05, 0) is 72.8 Å². The lowest BCUT2D eigenvalue weighted by Gasteiger charge is -2.20. The van der Waals surface area contributed by atoms with Gasteiger partial charge in [0.1, 0.15) is 5.78 Å². The Hall–Kier alpha value is -3.78. The largest absolute Gasteiger partial charge is 0.354 e. The Bertz CT molecular complexity index is 1750. The van der Waals surface area contributed by atoms with E-state index >= 15 is 0 Å². The number of H-pyrrole nitrogens is 1. The third kappa shape index (κ3) is 7.53. The monoisotopic (exact) mass is 581 g/mol. The lowest BCUT2D eigenvalue weighted by atomic mass is 10.0. The molecule has 6 nitrogen and oxygen atoms in total. The normalized spacial score (nSPS) is 12.6. The van der Waals surface area contributed by atoms with E-state index in [1.807, 2.05) is 54.6 Å². The van der Waals surface area contributed by atoms with Gasteiger partial charge in [-0.1, -0.05) is 91.7 Å². The van der Waals surface area contributed by atoms with Gasteiger partial charge in [-0.2, -0.15) is 0 Å². The van der Waals surface area contributed by atoms with Gasteiger partial charge in [0.2, 0.25) is 10.0 Å². The maximum absolute atomic E-state index is 13.4. The predicted octanol–water partition coefficient (Wildman–Crippen LogP) is 7.01. The van der Waals surface area contributed by atoms with Crippen LogP contribution in [-0.2, 0) is 21.2 Å². The molecule has 0 fully saturated rings. The van der Waals surface area contributed by atoms with Gasteiger partial charge in [-0.3, -0.25) is 0 Å². The number of aromatic amines is 1. The van der Waals surface area contributed by atoms with E-state index in [4.69, 9.17) is 0 Å². The van der Waals surface area contributed by atoms with Crippen LogP contribution in [-0.4, -0.2) is 38.3 Å². The molecule has 1 unspecified atom stereocenters. The van der Waals surface area contributed by atoms with Crippen molar-refractivity contribution >= 4 is 37.5 Å². The van der Waals surface area contributed by atoms with Crippen molar-refractivity contribution in [2.45, 2.75) is 56.4 Å². The second-order valence-corrected chi connectivity index (χ2v) is 12.7. The molecule has 0 saturated heterocycles. The van der Waals surface area contributed by atoms with E-state index in [0.717, 1.165) is 53.2 Å². The summed E-state index contributed by atoms with van der Waals surface area (Å²) < 4.78 is 29.9. The van der Waals surface area contributed by atoms with Crippen molar-refractivity contribution in [1.82, 2.24) is 15.0 Å². The molecule has 1 heterocycles. The summed E-state index contributed by atoms with van der Waals surface area (Å²) in [5.74, 6) is 0.192. The zero-order valence-corrected chi connectivity index (χ0v) is 24.9. The second kappa shape index (κ2) is 13.9. The van der Waals surface area contributed by atoms with E-state index in [1.54, 1.807) is 19.1 Å². The van der Waals surface area contributed by atoms with Crippen LogP contribution in [0.1, 0.15) is 44.6 Å². The zero-order chi connectivity index (χ0) is 29.4. The molecule has 0 amide bonds. The molecule has 3 N–H and O–H groups in total. The molecule has 0 spiro atoms. The molecule has 7 heteroatoms. The number of Topliss-reactive ketones (excluding diaryl/α,β-unsaturated/α-hetero) is 1. The Labute approximate surface area is 248 Å². The number of aromatic nitrogens is 1. The van der Waals surface area contributed by atoms with Crippen molar-refractivity contribution in [2.75, 3.05) is 13.1 Å². The van der Waals surface area contributed by atoms with Gasteiger partial charge < -0.3 is 15.1 Å². The van der Waals surface area contributed by atoms with E-state index < -0.39 is 10.0 Å². The highest BCUT2D eigenvalue weighted by Crippen LogP contribution is 2.30. The van der Waals surface area contributed by atoms with Crippen LogP contribution in [0.25, 0.3) is 32.9 Å². The number of unbranched alkanes of at least 4 members (excludes halogenated alkanes) is 2. The Morgan fingerprint density at radius 3 is 2.38 bits per heavy atom. The zero-order valence-electron chi connectivity index (χ0n) is 24.1. The number of fused-ring (bicyclic) bond motifs is 2. The van der Waals surface area contributed by atoms with E-state index in [1.165, 1.54) is 10.9 Å². The molecular formula is C35H39N3O3S. The molecular weight excluding hydrogens is 542 g/mol. The first-order valence-corrected chi connectivity index (χ1v) is 16.3. The van der Waals surface area contributed by atoms with Gasteiger partial charge in [0.25, 0.3) is 0 Å². The van der Waals surface area contributed by atoms with Gasteiger partial charge in [0.05, 0.1) is 4.90 Å². The fourth-order valence-electron chi connectivity index (χ4n) is 5.57. The van der Waals surface area contributed by atoms with Crippen molar-refractivity contribution in [1.29, 1.82) is 0 Å². The maximum Gasteiger partial charge on any atom is 0.240 e. The number of carbonyl (C=O) groups is 1. The minimum absolute atomic E-state index is 0.192. The topological polar surface area (TPSA) is 91.1 Å². The molecule has 42 heavy (non-hydrogen) atoms. The summed E-state index contributed by atoms with van der Waals surface area (Å²) in [6.45, 7) is 2.84. The molecule has 0 aliphatic carbocycles. The highest BCUT2D eigenvalue weighted by atomic mass is 32.2. The third-order valence-corrected chi connectivity index (χ3v) is 9.27. The first-order valence-electron chi connectivity index (χ1n) is 14.8. The Morgan fingerprint density at radius 2 is 1.57 bits per heavy atom. The van der Waals surface area contributed by atoms with E-state index in [0.29, 0.717) is 25.9 Å². The van der Waals surface area contributed by atoms with E-state index in [2.05, 4.69) is 45.4 Å². The van der Waals surface area contributed by atoms with Crippen LogP contribution in [0.3, 0.4) is 0 Å². The number of hydrogen-bond acceptors (Lipinski definition) is 4. The molecule has 0 bridgehead atoms. The van der Waals surface area contributed by atoms with Crippen LogP contribution < -0.4 is 10.0 Å². The van der Waals surface area contributed by atoms with Crippen LogP contribution in [0.4, 0.5) is 0 Å². The average molecular weight is 582 g/mol. The third-order valence-electron chi connectivity index (χ3n) is 7.75. The van der Waals surface area contributed by atoms with Crippen molar-refractivity contribution in [3.05, 3.63) is 103 Å². The van der Waals surface area contributed by atoms with Crippen LogP contribution in [0, 0.1) is 0 Å². The Morgan fingerprint density at radius 1 is 0.833 bits per heavy atom. The van der Waals surface area contributed by atoms with Gasteiger partial charge in [0, 0.05) is 35.6 Å². The molecule has 1 aromatic heterocycles. The quantitative estimate of drug-likeness (QED) is 0.116. The number of benzene rings is 4. The number of para-hydroxylation sites is 1. The van der Waals surface area contributed by atoms with Crippen LogP contribution in [0.2, 0.25) is 0 Å². The standard InChI is InChI=1S/C35H39N3O3S/c1-26(39)12-4-2-7-17-30(38-42(40,41)31-21-20-27-13-8-9-16-29(27)24-31)25-36-23-22-33-32-18-10-11-19-34(32)37-35(33)28-14-5-3-6-15-28/h3,5-6,8-11,13-16,18-21,24,30,36-38H,2,4,7,12,17,22-23,25H2,1H3. The smallest absolute Gasteiger partial charge is 0.240 e. The highest BCUT2D eigenvalue weighted by Gasteiger charge is 2.21. The summed E-state index contributed by atoms with van der Waals surface area (Å²) in [6.07, 6.45) is 4.64. The van der Waals surface area contributed by atoms with Gasteiger partial charge in [0.15, 0.2) is 0 Å². The number of hydrogen-bond donors (Lipinski definition) is 3. The van der Waals surface area contributed by atoms with Crippen LogP contribution >= 0.6 is 0 Å². The average Bonchev–Trinajstić information content (AvgIpc) is 3.37. The van der Waals surface area contributed by atoms with E-state index in [-0.39, 0.29) is 16.7 Å². The Balaban J connectivity index is 1.27. The molecule has 0 saturated carbocycles. The minimum Gasteiger partial charge on any atom is -0.354 e. The highest BCUT2D eigenvalue weighted by molar-refractivity contribution is 7.89. The summed E-state index contributed by atoms with van der Waals surface area (Å²) >= 11 is 0. The molecule has 0 aliphatic rings. The second-order valence-electron chi connectivity index (χ2n) is 11.0. The van der Waals surface area contributed by atoms with Crippen LogP contribution in [0.15, 0.2) is 102 Å². The van der Waals surface area contributed by atoms with Gasteiger partial charge in [-0.15, -0.1) is 0 Å². The van der Waals surface area contributed by atoms with Crippen LogP contribution in [0.5, 0.6) is 0 Å². The number of sulfonamides is 1. The van der Waals surface area contributed by atoms with Crippen molar-refractivity contribution < 1.29 is 13.2 Å². The van der Waals surface area contributed by atoms with Crippen molar-refractivity contribution in [3.63, 3.8) is 0 Å². The number of ketones is 1. The maximum atomic E-state index is 13.4. The summed E-state index contributed by atoms with van der Waals surface area (Å²) in [6, 6.07) is 31.4. The fourth-order valence-corrected chi connectivity index (χ4v) is 6.87. The molecule has 1 atom stereocenters. The van der Waals surface area contributed by atoms with Gasteiger partial charge in [-0.25, -0.2) is 13.1 Å². The summed E-state index contributed by atoms with van der Waals surface area (Å²) in [4.78, 5) is 15.2. The summed E-state index contributed by atoms with van der Waals surface area (Å²) in [5, 5.41) is 6.64. The van der Waals surface area contributed by atoms with Gasteiger partial charge >= 0.3 is 0 Å². The number of nitrogens with one attached hydrogen (secondary N) is 3. The summed E-state index contributed by atoms with van der Waals surface area (Å²) in [5.41, 5.74) is 4.63. The first-order chi connectivity index (χ1) is 20.4. The number of rotatable bonds is 15. The molecule has 5 aromatic rings. The van der Waals surface area contributed by atoms with Crippen molar-refractivity contribution in [3.8, 4) is 11.3 Å². The molecule has 218 valence electrons. The Kier molecular flexibility index (Phi) is 9.85. The lowest BCUT2D eigenvalue weighted by Crippen LogP contribution is -2.42. The molecule has 0 aliphatic heterocycles. The molecule has 0 radical (unpaired) electrons. The molecule has 5 rings (SSSR count). The SMILES string of the molecule is CC(=O)CCCCCC(CNCCc1c(-c2ccccc2)[nH]c2ccccc12)NS(=O)(=O)c1ccc2ccccc2c1.